The zero-order valence-electron chi connectivity index (χ0n) is 13.7. The summed E-state index contributed by atoms with van der Waals surface area (Å²) in [7, 11) is -4.91. The van der Waals surface area contributed by atoms with Crippen molar-refractivity contribution in [1.29, 1.82) is 0 Å². The van der Waals surface area contributed by atoms with E-state index < -0.39 is 24.1 Å². The molecule has 0 aliphatic rings. The van der Waals surface area contributed by atoms with E-state index in [0.29, 0.717) is 5.67 Å². The molecule has 0 bridgehead atoms. The number of rotatable bonds is 7. The van der Waals surface area contributed by atoms with Crippen LogP contribution in [0.1, 0.15) is 20.3 Å². The molecule has 0 aliphatic carbocycles. The van der Waals surface area contributed by atoms with Gasteiger partial charge >= 0.3 is 7.63 Å². The lowest BCUT2D eigenvalue weighted by atomic mass is 10.5. The zero-order valence-corrected chi connectivity index (χ0v) is 17.5. The quantitative estimate of drug-likeness (QED) is 0.500. The molecule has 0 aliphatic heterocycles. The van der Waals surface area contributed by atoms with Gasteiger partial charge < -0.3 is 8.66 Å². The van der Waals surface area contributed by atoms with Gasteiger partial charge in [0.15, 0.2) is 0 Å². The van der Waals surface area contributed by atoms with Crippen molar-refractivity contribution < 1.29 is 4.43 Å². The van der Waals surface area contributed by atoms with E-state index in [1.165, 1.54) is 0 Å². The molecule has 6 heteroatoms. The summed E-state index contributed by atoms with van der Waals surface area (Å²) in [5.74, 6) is 0. The van der Waals surface area contributed by atoms with E-state index in [-0.39, 0.29) is 0 Å². The highest BCUT2D eigenvalue weighted by molar-refractivity contribution is 7.17. The van der Waals surface area contributed by atoms with Crippen molar-refractivity contribution in [2.24, 2.45) is 0 Å². The summed E-state index contributed by atoms with van der Waals surface area (Å²) in [6.45, 7) is 21.8. The van der Waals surface area contributed by atoms with Crippen molar-refractivity contribution in [3.8, 4) is 0 Å². The van der Waals surface area contributed by atoms with Crippen LogP contribution in [0.15, 0.2) is 0 Å². The van der Waals surface area contributed by atoms with Gasteiger partial charge in [-0.25, -0.2) is 0 Å². The van der Waals surface area contributed by atoms with Gasteiger partial charge in [0.05, 0.1) is 0 Å². The van der Waals surface area contributed by atoms with Crippen LogP contribution in [-0.2, 0) is 4.43 Å². The van der Waals surface area contributed by atoms with Gasteiger partial charge in [0.2, 0.25) is 0 Å². The maximum Gasteiger partial charge on any atom is 0.302 e. The van der Waals surface area contributed by atoms with E-state index in [0.717, 1.165) is 13.0 Å². The van der Waals surface area contributed by atoms with E-state index in [1.54, 1.807) is 0 Å². The summed E-state index contributed by atoms with van der Waals surface area (Å²) in [4.78, 5) is 0. The molecule has 0 rings (SSSR count). The maximum atomic E-state index is 6.83. The summed E-state index contributed by atoms with van der Waals surface area (Å²) in [5.41, 5.74) is 0.442. The van der Waals surface area contributed by atoms with Crippen molar-refractivity contribution in [1.82, 2.24) is 4.23 Å². The molecule has 0 heterocycles. The summed E-state index contributed by atoms with van der Waals surface area (Å²) in [6, 6.07) is 0. The summed E-state index contributed by atoms with van der Waals surface area (Å²) in [5, 5.41) is 0. The first kappa shape index (κ1) is 18.9. The Labute approximate surface area is 122 Å². The van der Waals surface area contributed by atoms with Gasteiger partial charge in [0.1, 0.15) is 16.5 Å². The molecule has 0 aromatic rings. The zero-order chi connectivity index (χ0) is 14.8. The average Bonchev–Trinajstić information content (AvgIpc) is 2.08. The SMILES string of the molecule is CCO[Si](C)(Cl)C(CC)N([Si](C)(C)C)[Si](C)(C)C. The standard InChI is InChI=1S/C12H32ClNOSi3/c1-10-12(18(9,13)15-11-2)14(16(3,4)5)17(6,7)8/h12H,10-11H2,1-9H3. The van der Waals surface area contributed by atoms with Crippen LogP contribution in [0, 0.1) is 0 Å². The van der Waals surface area contributed by atoms with Crippen LogP contribution < -0.4 is 0 Å². The van der Waals surface area contributed by atoms with Gasteiger partial charge in [-0.2, -0.15) is 0 Å². The third kappa shape index (κ3) is 5.09. The molecule has 0 fully saturated rings. The Kier molecular flexibility index (Phi) is 6.85. The third-order valence-electron chi connectivity index (χ3n) is 3.17. The Morgan fingerprint density at radius 1 is 0.944 bits per heavy atom. The van der Waals surface area contributed by atoms with Gasteiger partial charge in [-0.05, 0) is 19.9 Å². The Balaban J connectivity index is 5.44. The first-order valence-corrected chi connectivity index (χ1v) is 17.4. The fourth-order valence-electron chi connectivity index (χ4n) is 3.10. The molecular formula is C12H32ClNOSi3. The molecule has 2 atom stereocenters. The van der Waals surface area contributed by atoms with Gasteiger partial charge in [-0.3, -0.25) is 0 Å². The van der Waals surface area contributed by atoms with Crippen molar-refractivity contribution in [2.75, 3.05) is 6.61 Å². The Morgan fingerprint density at radius 3 is 1.56 bits per heavy atom. The van der Waals surface area contributed by atoms with Crippen LogP contribution in [0.2, 0.25) is 45.8 Å². The third-order valence-corrected chi connectivity index (χ3v) is 15.0. The minimum atomic E-state index is -2.15. The monoisotopic (exact) mass is 325 g/mol. The molecule has 2 nitrogen and oxygen atoms in total. The fraction of sp³-hybridized carbons (Fsp3) is 1.00. The van der Waals surface area contributed by atoms with Crippen molar-refractivity contribution >= 4 is 35.2 Å². The second-order valence-electron chi connectivity index (χ2n) is 7.05. The Morgan fingerprint density at radius 2 is 1.33 bits per heavy atom. The van der Waals surface area contributed by atoms with E-state index in [2.05, 4.69) is 57.0 Å². The second-order valence-corrected chi connectivity index (χ2v) is 22.3. The molecule has 0 saturated carbocycles. The maximum absolute atomic E-state index is 6.83. The highest BCUT2D eigenvalue weighted by Gasteiger charge is 2.48. The van der Waals surface area contributed by atoms with Crippen LogP contribution >= 0.6 is 11.1 Å². The number of hydrogen-bond donors (Lipinski definition) is 0. The summed E-state index contributed by atoms with van der Waals surface area (Å²) >= 11 is 6.83. The van der Waals surface area contributed by atoms with Gasteiger partial charge in [0.25, 0.3) is 0 Å². The Bertz CT molecular complexity index is 247. The van der Waals surface area contributed by atoms with Crippen LogP contribution in [0.3, 0.4) is 0 Å². The Hall–Kier alpha value is 0.861. The smallest absolute Gasteiger partial charge is 0.302 e. The number of hydrogen-bond acceptors (Lipinski definition) is 2. The molecule has 0 aromatic heterocycles. The molecule has 110 valence electrons. The summed E-state index contributed by atoms with van der Waals surface area (Å²) < 4.78 is 8.78. The summed E-state index contributed by atoms with van der Waals surface area (Å²) in [6.07, 6.45) is 1.10. The molecular weight excluding hydrogens is 294 g/mol. The predicted molar refractivity (Wildman–Crippen MR) is 91.7 cm³/mol. The van der Waals surface area contributed by atoms with Crippen molar-refractivity contribution in [3.63, 3.8) is 0 Å². The minimum absolute atomic E-state index is 0.442. The van der Waals surface area contributed by atoms with Gasteiger partial charge in [-0.1, -0.05) is 46.2 Å². The normalized spacial score (nSPS) is 18.8. The van der Waals surface area contributed by atoms with E-state index in [9.17, 15) is 0 Å². The molecule has 0 N–H and O–H groups in total. The molecule has 0 saturated heterocycles. The first-order valence-electron chi connectivity index (χ1n) is 7.00. The van der Waals surface area contributed by atoms with E-state index in [1.807, 2.05) is 6.92 Å². The molecule has 0 radical (unpaired) electrons. The van der Waals surface area contributed by atoms with Crippen LogP contribution in [0.25, 0.3) is 0 Å². The van der Waals surface area contributed by atoms with Crippen LogP contribution in [0.5, 0.6) is 0 Å². The molecule has 0 aromatic carbocycles. The molecule has 18 heavy (non-hydrogen) atoms. The van der Waals surface area contributed by atoms with E-state index in [4.69, 9.17) is 15.5 Å². The minimum Gasteiger partial charge on any atom is -0.403 e. The van der Waals surface area contributed by atoms with Crippen LogP contribution in [0.4, 0.5) is 0 Å². The predicted octanol–water partition coefficient (Wildman–Crippen LogP) is 4.62. The first-order chi connectivity index (χ1) is 7.88. The average molecular weight is 326 g/mol. The topological polar surface area (TPSA) is 12.5 Å². The molecule has 0 amide bonds. The molecule has 2 unspecified atom stereocenters. The highest BCUT2D eigenvalue weighted by atomic mass is 35.6. The van der Waals surface area contributed by atoms with Crippen LogP contribution in [-0.4, -0.2) is 40.6 Å². The van der Waals surface area contributed by atoms with Gasteiger partial charge in [-0.15, -0.1) is 11.1 Å². The van der Waals surface area contributed by atoms with Gasteiger partial charge in [0, 0.05) is 12.3 Å². The number of halogens is 1. The van der Waals surface area contributed by atoms with Crippen molar-refractivity contribution in [3.05, 3.63) is 0 Å². The van der Waals surface area contributed by atoms with E-state index >= 15 is 0 Å². The fourth-order valence-corrected chi connectivity index (χ4v) is 20.7. The highest BCUT2D eigenvalue weighted by Crippen LogP contribution is 2.32. The lowest BCUT2D eigenvalue weighted by Gasteiger charge is -2.51. The number of nitrogens with zero attached hydrogens (tertiary/aromatic N) is 1. The van der Waals surface area contributed by atoms with Crippen molar-refractivity contribution in [2.45, 2.75) is 71.8 Å². The second kappa shape index (κ2) is 6.54. The largest absolute Gasteiger partial charge is 0.403 e. The lowest BCUT2D eigenvalue weighted by Crippen LogP contribution is -2.69. The lowest BCUT2D eigenvalue weighted by molar-refractivity contribution is 0.313. The molecule has 0 spiro atoms.